The third-order valence-corrected chi connectivity index (χ3v) is 10.3. The number of benzene rings is 9. The van der Waals surface area contributed by atoms with Gasteiger partial charge in [-0.05, 0) is 81.7 Å². The number of aromatic nitrogens is 1. The molecule has 0 aliphatic rings. The molecule has 0 spiro atoms. The fraction of sp³-hybridized carbons (Fsp3) is 0. The highest BCUT2D eigenvalue weighted by Crippen LogP contribution is 2.46. The number of rotatable bonds is 7. The fourth-order valence-corrected chi connectivity index (χ4v) is 7.84. The maximum atomic E-state index is 8.63. The quantitative estimate of drug-likeness (QED) is 0.161. The van der Waals surface area contributed by atoms with Gasteiger partial charge in [0.25, 0.3) is 0 Å². The Kier molecular flexibility index (Phi) is 6.61. The van der Waals surface area contributed by atoms with Crippen molar-refractivity contribution < 1.29 is 6.85 Å². The van der Waals surface area contributed by atoms with E-state index in [9.17, 15) is 0 Å². The van der Waals surface area contributed by atoms with E-state index in [0.717, 1.165) is 66.8 Å². The standard InChI is InChI=1S/C52H36N2/c1-3-15-37(16-4-1)39-29-33-42(34-30-39)53(43-35-31-40(32-36-43)38-17-5-2-6-18-38)49-25-11-9-22-45(49)46-24-14-28-51-52(46)47-23-10-12-26-50(47)54(51)48-27-13-20-41-19-7-8-21-44(41)48/h1-36H/i1D,3D,4D,15D,16D. The van der Waals surface area contributed by atoms with Crippen molar-refractivity contribution in [2.24, 2.45) is 0 Å². The van der Waals surface area contributed by atoms with E-state index in [2.05, 4.69) is 155 Å². The number of hydrogen-bond donors (Lipinski definition) is 0. The average Bonchev–Trinajstić information content (AvgIpc) is 3.63. The first kappa shape index (κ1) is 26.6. The molecule has 10 aromatic rings. The molecule has 2 nitrogen and oxygen atoms in total. The minimum Gasteiger partial charge on any atom is -0.310 e. The molecule has 0 unspecified atom stereocenters. The molecule has 9 aromatic carbocycles. The zero-order chi connectivity index (χ0) is 40.2. The van der Waals surface area contributed by atoms with Crippen LogP contribution in [-0.2, 0) is 0 Å². The summed E-state index contributed by atoms with van der Waals surface area (Å²) in [7, 11) is 0. The van der Waals surface area contributed by atoms with Crippen molar-refractivity contribution in [2.45, 2.75) is 0 Å². The van der Waals surface area contributed by atoms with Gasteiger partial charge in [0, 0.05) is 33.1 Å². The van der Waals surface area contributed by atoms with Crippen LogP contribution in [0.4, 0.5) is 17.1 Å². The summed E-state index contributed by atoms with van der Waals surface area (Å²) in [5.74, 6) is 0. The van der Waals surface area contributed by atoms with Crippen LogP contribution in [0.2, 0.25) is 0 Å². The molecule has 10 rings (SSSR count). The molecule has 1 aromatic heterocycles. The lowest BCUT2D eigenvalue weighted by Crippen LogP contribution is -2.11. The molecule has 0 saturated heterocycles. The zero-order valence-corrected chi connectivity index (χ0v) is 29.3. The lowest BCUT2D eigenvalue weighted by Gasteiger charge is -2.28. The summed E-state index contributed by atoms with van der Waals surface area (Å²) in [6, 6.07) is 63.6. The average molecular weight is 694 g/mol. The SMILES string of the molecule is [2H]c1c([2H])c([2H])c(-c2ccc(N(c3ccc(-c4ccccc4)cc3)c3ccccc3-c3cccc4c3c3ccccc3n4-c3cccc4ccccc34)cc2)c([2H])c1[2H]. The number of fused-ring (bicyclic) bond motifs is 4. The molecule has 54 heavy (non-hydrogen) atoms. The van der Waals surface area contributed by atoms with Crippen LogP contribution < -0.4 is 4.90 Å². The van der Waals surface area contributed by atoms with Crippen molar-refractivity contribution in [1.82, 2.24) is 4.57 Å². The van der Waals surface area contributed by atoms with Crippen LogP contribution in [0, 0.1) is 0 Å². The highest BCUT2D eigenvalue weighted by molar-refractivity contribution is 6.17. The van der Waals surface area contributed by atoms with Gasteiger partial charge in [-0.2, -0.15) is 0 Å². The van der Waals surface area contributed by atoms with Crippen molar-refractivity contribution in [2.75, 3.05) is 4.90 Å². The van der Waals surface area contributed by atoms with Crippen LogP contribution in [0.1, 0.15) is 6.85 Å². The zero-order valence-electron chi connectivity index (χ0n) is 34.3. The van der Waals surface area contributed by atoms with Gasteiger partial charge in [0.2, 0.25) is 0 Å². The smallest absolute Gasteiger partial charge is 0.0629 e. The van der Waals surface area contributed by atoms with E-state index in [1.807, 2.05) is 42.5 Å². The van der Waals surface area contributed by atoms with E-state index in [-0.39, 0.29) is 29.7 Å². The lowest BCUT2D eigenvalue weighted by atomic mass is 9.96. The Morgan fingerprint density at radius 2 is 0.944 bits per heavy atom. The van der Waals surface area contributed by atoms with Gasteiger partial charge in [-0.1, -0.05) is 170 Å². The van der Waals surface area contributed by atoms with E-state index in [0.29, 0.717) is 5.56 Å². The van der Waals surface area contributed by atoms with E-state index in [4.69, 9.17) is 6.85 Å². The van der Waals surface area contributed by atoms with Crippen LogP contribution in [-0.4, -0.2) is 4.57 Å². The first-order valence-electron chi connectivity index (χ1n) is 20.6. The Hall–Kier alpha value is -7.16. The topological polar surface area (TPSA) is 8.17 Å². The van der Waals surface area contributed by atoms with Gasteiger partial charge in [0.15, 0.2) is 0 Å². The van der Waals surface area contributed by atoms with Gasteiger partial charge >= 0.3 is 0 Å². The van der Waals surface area contributed by atoms with Crippen molar-refractivity contribution >= 4 is 49.6 Å². The normalized spacial score (nSPS) is 12.6. The van der Waals surface area contributed by atoms with Crippen LogP contribution in [0.3, 0.4) is 0 Å². The minimum atomic E-state index is -0.405. The summed E-state index contributed by atoms with van der Waals surface area (Å²) >= 11 is 0. The van der Waals surface area contributed by atoms with Crippen LogP contribution in [0.25, 0.3) is 71.6 Å². The third-order valence-electron chi connectivity index (χ3n) is 10.3. The van der Waals surface area contributed by atoms with E-state index >= 15 is 0 Å². The maximum Gasteiger partial charge on any atom is 0.0629 e. The first-order chi connectivity index (χ1) is 28.9. The molecule has 0 N–H and O–H groups in total. The van der Waals surface area contributed by atoms with Gasteiger partial charge in [0.1, 0.15) is 0 Å². The van der Waals surface area contributed by atoms with Crippen LogP contribution in [0.5, 0.6) is 0 Å². The van der Waals surface area contributed by atoms with Gasteiger partial charge in [0.05, 0.1) is 29.3 Å². The Morgan fingerprint density at radius 1 is 0.389 bits per heavy atom. The Labute approximate surface area is 322 Å². The van der Waals surface area contributed by atoms with E-state index < -0.39 is 6.04 Å². The summed E-state index contributed by atoms with van der Waals surface area (Å²) in [5, 5.41) is 4.67. The van der Waals surface area contributed by atoms with Crippen LogP contribution >= 0.6 is 0 Å². The largest absolute Gasteiger partial charge is 0.310 e. The summed E-state index contributed by atoms with van der Waals surface area (Å²) in [6.07, 6.45) is 0. The van der Waals surface area contributed by atoms with Crippen LogP contribution in [0.15, 0.2) is 218 Å². The highest BCUT2D eigenvalue weighted by Gasteiger charge is 2.22. The second-order valence-electron chi connectivity index (χ2n) is 13.4. The molecule has 2 heteroatoms. The molecular formula is C52H36N2. The predicted molar refractivity (Wildman–Crippen MR) is 229 cm³/mol. The molecule has 0 radical (unpaired) electrons. The molecule has 0 bridgehead atoms. The predicted octanol–water partition coefficient (Wildman–Crippen LogP) is 14.4. The minimum absolute atomic E-state index is 0.177. The number of anilines is 3. The van der Waals surface area contributed by atoms with Crippen molar-refractivity contribution in [1.29, 1.82) is 0 Å². The molecule has 0 aliphatic carbocycles. The fourth-order valence-electron chi connectivity index (χ4n) is 7.84. The molecule has 0 fully saturated rings. The van der Waals surface area contributed by atoms with Gasteiger partial charge in [-0.25, -0.2) is 0 Å². The lowest BCUT2D eigenvalue weighted by molar-refractivity contribution is 1.20. The molecule has 0 aliphatic heterocycles. The van der Waals surface area contributed by atoms with Crippen molar-refractivity contribution in [3.63, 3.8) is 0 Å². The third kappa shape index (κ3) is 5.44. The van der Waals surface area contributed by atoms with Gasteiger partial charge in [-0.3, -0.25) is 0 Å². The van der Waals surface area contributed by atoms with Crippen molar-refractivity contribution in [3.05, 3.63) is 218 Å². The summed E-state index contributed by atoms with van der Waals surface area (Å²) in [5.41, 5.74) is 11.2. The molecule has 0 atom stereocenters. The molecule has 1 heterocycles. The van der Waals surface area contributed by atoms with E-state index in [1.54, 1.807) is 0 Å². The molecule has 254 valence electrons. The Bertz CT molecular complexity index is 3180. The number of nitrogens with zero attached hydrogens (tertiary/aromatic N) is 2. The van der Waals surface area contributed by atoms with Crippen molar-refractivity contribution in [3.8, 4) is 39.1 Å². The maximum absolute atomic E-state index is 8.63. The second kappa shape index (κ2) is 13.4. The monoisotopic (exact) mass is 693 g/mol. The van der Waals surface area contributed by atoms with Gasteiger partial charge in [-0.15, -0.1) is 0 Å². The molecular weight excluding hydrogens is 653 g/mol. The Balaban J connectivity index is 1.18. The first-order valence-corrected chi connectivity index (χ1v) is 18.1. The highest BCUT2D eigenvalue weighted by atomic mass is 15.1. The summed E-state index contributed by atoms with van der Waals surface area (Å²) in [4.78, 5) is 2.23. The van der Waals surface area contributed by atoms with E-state index in [1.165, 1.54) is 10.8 Å². The molecule has 0 amide bonds. The second-order valence-corrected chi connectivity index (χ2v) is 13.4. The number of hydrogen-bond acceptors (Lipinski definition) is 1. The summed E-state index contributed by atoms with van der Waals surface area (Å²) < 4.78 is 44.3. The van der Waals surface area contributed by atoms with Gasteiger partial charge < -0.3 is 9.47 Å². The Morgan fingerprint density at radius 3 is 1.72 bits per heavy atom. The summed E-state index contributed by atoms with van der Waals surface area (Å²) in [6.45, 7) is 0. The molecule has 0 saturated carbocycles. The number of para-hydroxylation sites is 2.